The maximum absolute atomic E-state index is 11.9. The van der Waals surface area contributed by atoms with E-state index in [9.17, 15) is 4.79 Å². The summed E-state index contributed by atoms with van der Waals surface area (Å²) in [5.74, 6) is 1.05. The highest BCUT2D eigenvalue weighted by atomic mass is 16.5. The molecule has 0 aliphatic carbocycles. The fraction of sp³-hybridized carbons (Fsp3) is 0.125. The van der Waals surface area contributed by atoms with E-state index in [1.54, 1.807) is 19.1 Å². The van der Waals surface area contributed by atoms with Crippen molar-refractivity contribution in [2.45, 2.75) is 13.8 Å². The van der Waals surface area contributed by atoms with Crippen LogP contribution in [0.2, 0.25) is 0 Å². The monoisotopic (exact) mass is 383 g/mol. The summed E-state index contributed by atoms with van der Waals surface area (Å²) in [7, 11) is 0. The van der Waals surface area contributed by atoms with Gasteiger partial charge in [0.15, 0.2) is 5.82 Å². The first-order valence-corrected chi connectivity index (χ1v) is 9.52. The van der Waals surface area contributed by atoms with Crippen molar-refractivity contribution in [3.05, 3.63) is 83.9 Å². The van der Waals surface area contributed by atoms with Crippen LogP contribution in [0, 0.1) is 6.92 Å². The SMILES string of the molecule is CCOC(=O)c1ccc(Nc2nc(-c3ccc(C)cc3)nc3ccccc23)cc1. The van der Waals surface area contributed by atoms with Crippen LogP contribution in [0.1, 0.15) is 22.8 Å². The number of hydrogen-bond acceptors (Lipinski definition) is 5. The lowest BCUT2D eigenvalue weighted by Crippen LogP contribution is -2.04. The molecule has 1 N–H and O–H groups in total. The molecular weight excluding hydrogens is 362 g/mol. The summed E-state index contributed by atoms with van der Waals surface area (Å²) < 4.78 is 5.04. The van der Waals surface area contributed by atoms with Gasteiger partial charge in [0.1, 0.15) is 5.82 Å². The number of para-hydroxylation sites is 1. The molecule has 5 heteroatoms. The van der Waals surface area contributed by atoms with Crippen molar-refractivity contribution in [3.63, 3.8) is 0 Å². The van der Waals surface area contributed by atoms with Crippen LogP contribution < -0.4 is 5.32 Å². The normalized spacial score (nSPS) is 10.7. The third-order valence-corrected chi connectivity index (χ3v) is 4.57. The third-order valence-electron chi connectivity index (χ3n) is 4.57. The first-order valence-electron chi connectivity index (χ1n) is 9.52. The van der Waals surface area contributed by atoms with E-state index in [0.29, 0.717) is 18.0 Å². The number of esters is 1. The summed E-state index contributed by atoms with van der Waals surface area (Å²) >= 11 is 0. The van der Waals surface area contributed by atoms with E-state index in [1.165, 1.54) is 5.56 Å². The molecule has 0 bridgehead atoms. The molecule has 4 aromatic rings. The molecule has 0 amide bonds. The average Bonchev–Trinajstić information content (AvgIpc) is 2.75. The first kappa shape index (κ1) is 18.6. The van der Waals surface area contributed by atoms with E-state index in [2.05, 4.69) is 24.4 Å². The summed E-state index contributed by atoms with van der Waals surface area (Å²) in [5.41, 5.74) is 4.36. The molecule has 0 aliphatic rings. The minimum atomic E-state index is -0.326. The van der Waals surface area contributed by atoms with Gasteiger partial charge in [-0.15, -0.1) is 0 Å². The molecule has 4 rings (SSSR count). The number of carbonyl (C=O) groups excluding carboxylic acids is 1. The topological polar surface area (TPSA) is 64.1 Å². The Labute approximate surface area is 169 Å². The van der Waals surface area contributed by atoms with Crippen LogP contribution >= 0.6 is 0 Å². The van der Waals surface area contributed by atoms with E-state index in [4.69, 9.17) is 14.7 Å². The van der Waals surface area contributed by atoms with Gasteiger partial charge in [-0.05, 0) is 50.2 Å². The molecule has 0 radical (unpaired) electrons. The number of nitrogens with zero attached hydrogens (tertiary/aromatic N) is 2. The van der Waals surface area contributed by atoms with E-state index in [1.807, 2.05) is 48.5 Å². The Morgan fingerprint density at radius 3 is 2.38 bits per heavy atom. The van der Waals surface area contributed by atoms with Crippen LogP contribution in [0.3, 0.4) is 0 Å². The predicted octanol–water partition coefficient (Wildman–Crippen LogP) is 5.53. The van der Waals surface area contributed by atoms with Gasteiger partial charge < -0.3 is 10.1 Å². The van der Waals surface area contributed by atoms with Gasteiger partial charge >= 0.3 is 5.97 Å². The second-order valence-corrected chi connectivity index (χ2v) is 6.70. The third kappa shape index (κ3) is 4.09. The summed E-state index contributed by atoms with van der Waals surface area (Å²) in [6, 6.07) is 23.2. The number of anilines is 2. The van der Waals surface area contributed by atoms with Crippen molar-refractivity contribution in [3.8, 4) is 11.4 Å². The van der Waals surface area contributed by atoms with Crippen LogP contribution in [0.15, 0.2) is 72.8 Å². The zero-order chi connectivity index (χ0) is 20.2. The van der Waals surface area contributed by atoms with Gasteiger partial charge in [0.2, 0.25) is 0 Å². The number of aryl methyl sites for hydroxylation is 1. The van der Waals surface area contributed by atoms with Crippen molar-refractivity contribution < 1.29 is 9.53 Å². The van der Waals surface area contributed by atoms with Gasteiger partial charge in [-0.3, -0.25) is 0 Å². The number of rotatable bonds is 5. The molecular formula is C24H21N3O2. The number of ether oxygens (including phenoxy) is 1. The number of nitrogens with one attached hydrogen (secondary N) is 1. The molecule has 0 saturated heterocycles. The summed E-state index contributed by atoms with van der Waals surface area (Å²) in [6.07, 6.45) is 0. The summed E-state index contributed by atoms with van der Waals surface area (Å²) in [4.78, 5) is 21.3. The molecule has 0 atom stereocenters. The molecule has 0 saturated carbocycles. The first-order chi connectivity index (χ1) is 14.1. The van der Waals surface area contributed by atoms with Crippen LogP contribution in [-0.2, 0) is 4.74 Å². The highest BCUT2D eigenvalue weighted by molar-refractivity contribution is 5.93. The van der Waals surface area contributed by atoms with Crippen molar-refractivity contribution in [2.24, 2.45) is 0 Å². The number of fused-ring (bicyclic) bond motifs is 1. The van der Waals surface area contributed by atoms with Gasteiger partial charge in [-0.1, -0.05) is 42.0 Å². The molecule has 0 unspecified atom stereocenters. The fourth-order valence-corrected chi connectivity index (χ4v) is 3.04. The van der Waals surface area contributed by atoms with Crippen molar-refractivity contribution in [1.29, 1.82) is 0 Å². The molecule has 1 aromatic heterocycles. The Kier molecular flexibility index (Phi) is 5.20. The summed E-state index contributed by atoms with van der Waals surface area (Å²) in [5, 5.41) is 4.29. The molecule has 0 spiro atoms. The highest BCUT2D eigenvalue weighted by Gasteiger charge is 2.11. The lowest BCUT2D eigenvalue weighted by atomic mass is 10.1. The van der Waals surface area contributed by atoms with Crippen LogP contribution in [0.5, 0.6) is 0 Å². The van der Waals surface area contributed by atoms with Crippen LogP contribution in [-0.4, -0.2) is 22.5 Å². The predicted molar refractivity (Wildman–Crippen MR) is 115 cm³/mol. The van der Waals surface area contributed by atoms with Gasteiger partial charge in [0.05, 0.1) is 17.7 Å². The Morgan fingerprint density at radius 2 is 1.66 bits per heavy atom. The second-order valence-electron chi connectivity index (χ2n) is 6.70. The van der Waals surface area contributed by atoms with Gasteiger partial charge in [0.25, 0.3) is 0 Å². The van der Waals surface area contributed by atoms with Crippen molar-refractivity contribution in [2.75, 3.05) is 11.9 Å². The minimum Gasteiger partial charge on any atom is -0.462 e. The molecule has 1 heterocycles. The van der Waals surface area contributed by atoms with E-state index < -0.39 is 0 Å². The number of hydrogen-bond donors (Lipinski definition) is 1. The molecule has 0 aliphatic heterocycles. The highest BCUT2D eigenvalue weighted by Crippen LogP contribution is 2.27. The Bertz CT molecular complexity index is 1150. The zero-order valence-electron chi connectivity index (χ0n) is 16.3. The van der Waals surface area contributed by atoms with Gasteiger partial charge in [-0.2, -0.15) is 0 Å². The molecule has 0 fully saturated rings. The molecule has 29 heavy (non-hydrogen) atoms. The van der Waals surface area contributed by atoms with E-state index in [-0.39, 0.29) is 5.97 Å². The molecule has 144 valence electrons. The smallest absolute Gasteiger partial charge is 0.338 e. The average molecular weight is 383 g/mol. The molecule has 5 nitrogen and oxygen atoms in total. The largest absolute Gasteiger partial charge is 0.462 e. The minimum absolute atomic E-state index is 0.326. The zero-order valence-corrected chi connectivity index (χ0v) is 16.3. The fourth-order valence-electron chi connectivity index (χ4n) is 3.04. The number of carbonyl (C=O) groups is 1. The molecule has 3 aromatic carbocycles. The Morgan fingerprint density at radius 1 is 0.931 bits per heavy atom. The second kappa shape index (κ2) is 8.10. The van der Waals surface area contributed by atoms with Gasteiger partial charge in [0, 0.05) is 16.6 Å². The number of aromatic nitrogens is 2. The lowest BCUT2D eigenvalue weighted by Gasteiger charge is -2.12. The van der Waals surface area contributed by atoms with E-state index >= 15 is 0 Å². The quantitative estimate of drug-likeness (QED) is 0.459. The van der Waals surface area contributed by atoms with Crippen molar-refractivity contribution >= 4 is 28.4 Å². The van der Waals surface area contributed by atoms with Gasteiger partial charge in [-0.25, -0.2) is 14.8 Å². The maximum Gasteiger partial charge on any atom is 0.338 e. The van der Waals surface area contributed by atoms with Crippen molar-refractivity contribution in [1.82, 2.24) is 9.97 Å². The van der Waals surface area contributed by atoms with E-state index in [0.717, 1.165) is 28.0 Å². The van der Waals surface area contributed by atoms with Crippen LogP contribution in [0.4, 0.5) is 11.5 Å². The standard InChI is InChI=1S/C24H21N3O2/c1-3-29-24(28)18-12-14-19(15-13-18)25-23-20-6-4-5-7-21(20)26-22(27-23)17-10-8-16(2)9-11-17/h4-15H,3H2,1-2H3,(H,25,26,27). The Balaban J connectivity index is 1.71. The van der Waals surface area contributed by atoms with Crippen LogP contribution in [0.25, 0.3) is 22.3 Å². The summed E-state index contributed by atoms with van der Waals surface area (Å²) in [6.45, 7) is 4.20. The Hall–Kier alpha value is -3.73. The number of benzene rings is 3. The lowest BCUT2D eigenvalue weighted by molar-refractivity contribution is 0.0526. The maximum atomic E-state index is 11.9.